The fourth-order valence-corrected chi connectivity index (χ4v) is 2.85. The van der Waals surface area contributed by atoms with E-state index in [0.29, 0.717) is 17.6 Å². The molecule has 98 valence electrons. The molecule has 2 unspecified atom stereocenters. The average Bonchev–Trinajstić information content (AvgIpc) is 2.34. The zero-order chi connectivity index (χ0) is 13.1. The van der Waals surface area contributed by atoms with Crippen LogP contribution in [0.1, 0.15) is 49.0 Å². The Kier molecular flexibility index (Phi) is 4.02. The predicted molar refractivity (Wildman–Crippen MR) is 71.7 cm³/mol. The molecule has 1 aromatic carbocycles. The zero-order valence-corrected chi connectivity index (χ0v) is 11.1. The Balaban J connectivity index is 2.20. The first-order valence-electron chi connectivity index (χ1n) is 6.66. The number of rotatable bonds is 3. The Morgan fingerprint density at radius 2 is 1.89 bits per heavy atom. The molecule has 0 aliphatic carbocycles. The highest BCUT2D eigenvalue weighted by atomic mass is 16.4. The minimum Gasteiger partial charge on any atom is -0.478 e. The van der Waals surface area contributed by atoms with Gasteiger partial charge in [-0.3, -0.25) is 4.90 Å². The third-order valence-electron chi connectivity index (χ3n) is 3.98. The molecule has 3 heteroatoms. The van der Waals surface area contributed by atoms with Gasteiger partial charge >= 0.3 is 5.97 Å². The molecule has 1 N–H and O–H groups in total. The van der Waals surface area contributed by atoms with Crippen molar-refractivity contribution in [2.75, 3.05) is 0 Å². The highest BCUT2D eigenvalue weighted by Gasteiger charge is 2.25. The van der Waals surface area contributed by atoms with E-state index in [1.165, 1.54) is 19.3 Å². The summed E-state index contributed by atoms with van der Waals surface area (Å²) >= 11 is 0. The van der Waals surface area contributed by atoms with E-state index in [1.54, 1.807) is 12.1 Å². The summed E-state index contributed by atoms with van der Waals surface area (Å²) in [6.45, 7) is 5.21. The summed E-state index contributed by atoms with van der Waals surface area (Å²) in [6, 6.07) is 8.40. The molecule has 0 spiro atoms. The summed E-state index contributed by atoms with van der Waals surface area (Å²) in [7, 11) is 0. The van der Waals surface area contributed by atoms with Crippen molar-refractivity contribution < 1.29 is 9.90 Å². The average molecular weight is 247 g/mol. The van der Waals surface area contributed by atoms with Gasteiger partial charge in [0.15, 0.2) is 0 Å². The number of aromatic carboxylic acids is 1. The van der Waals surface area contributed by atoms with E-state index < -0.39 is 5.97 Å². The van der Waals surface area contributed by atoms with Crippen LogP contribution in [-0.2, 0) is 6.54 Å². The molecule has 1 heterocycles. The summed E-state index contributed by atoms with van der Waals surface area (Å²) in [5.41, 5.74) is 1.35. The lowest BCUT2D eigenvalue weighted by Crippen LogP contribution is -2.43. The first-order chi connectivity index (χ1) is 8.59. The van der Waals surface area contributed by atoms with Crippen molar-refractivity contribution >= 4 is 5.97 Å². The molecule has 0 radical (unpaired) electrons. The molecule has 1 saturated heterocycles. The molecule has 1 aliphatic heterocycles. The van der Waals surface area contributed by atoms with Gasteiger partial charge < -0.3 is 5.11 Å². The molecule has 0 amide bonds. The number of hydrogen-bond acceptors (Lipinski definition) is 2. The van der Waals surface area contributed by atoms with Gasteiger partial charge in [-0.25, -0.2) is 4.79 Å². The molecule has 1 fully saturated rings. The molecule has 2 rings (SSSR count). The quantitative estimate of drug-likeness (QED) is 0.892. The van der Waals surface area contributed by atoms with Gasteiger partial charge in [0.05, 0.1) is 5.56 Å². The third-order valence-corrected chi connectivity index (χ3v) is 3.98. The molecule has 1 aliphatic rings. The van der Waals surface area contributed by atoms with Crippen molar-refractivity contribution in [3.63, 3.8) is 0 Å². The van der Waals surface area contributed by atoms with Crippen LogP contribution in [0.25, 0.3) is 0 Å². The largest absolute Gasteiger partial charge is 0.478 e. The van der Waals surface area contributed by atoms with E-state index in [9.17, 15) is 9.90 Å². The second-order valence-electron chi connectivity index (χ2n) is 5.26. The number of hydrogen-bond donors (Lipinski definition) is 1. The SMILES string of the molecule is CC1CCCC(C)N1Cc1ccccc1C(=O)O. The van der Waals surface area contributed by atoms with E-state index in [2.05, 4.69) is 18.7 Å². The predicted octanol–water partition coefficient (Wildman–Crippen LogP) is 3.15. The van der Waals surface area contributed by atoms with Gasteiger partial charge in [0.1, 0.15) is 0 Å². The van der Waals surface area contributed by atoms with Crippen LogP contribution in [0.15, 0.2) is 24.3 Å². The summed E-state index contributed by atoms with van der Waals surface area (Å²) in [5, 5.41) is 9.21. The fraction of sp³-hybridized carbons (Fsp3) is 0.533. The van der Waals surface area contributed by atoms with Crippen LogP contribution in [0.4, 0.5) is 0 Å². The molecular weight excluding hydrogens is 226 g/mol. The van der Waals surface area contributed by atoms with Crippen LogP contribution in [0, 0.1) is 0 Å². The van der Waals surface area contributed by atoms with E-state index >= 15 is 0 Å². The Morgan fingerprint density at radius 3 is 2.50 bits per heavy atom. The molecule has 0 aromatic heterocycles. The Hall–Kier alpha value is -1.35. The highest BCUT2D eigenvalue weighted by Crippen LogP contribution is 2.25. The second-order valence-corrected chi connectivity index (χ2v) is 5.26. The molecule has 0 saturated carbocycles. The topological polar surface area (TPSA) is 40.5 Å². The van der Waals surface area contributed by atoms with Crippen molar-refractivity contribution in [2.24, 2.45) is 0 Å². The van der Waals surface area contributed by atoms with Crippen molar-refractivity contribution in [1.29, 1.82) is 0 Å². The lowest BCUT2D eigenvalue weighted by Gasteiger charge is -2.39. The van der Waals surface area contributed by atoms with Gasteiger partial charge in [0.2, 0.25) is 0 Å². The maximum absolute atomic E-state index is 11.2. The Bertz CT molecular complexity index is 420. The molecule has 1 aromatic rings. The molecule has 3 nitrogen and oxygen atoms in total. The van der Waals surface area contributed by atoms with Crippen LogP contribution in [0.3, 0.4) is 0 Å². The summed E-state index contributed by atoms with van der Waals surface area (Å²) < 4.78 is 0. The van der Waals surface area contributed by atoms with Crippen molar-refractivity contribution in [3.05, 3.63) is 35.4 Å². The fourth-order valence-electron chi connectivity index (χ4n) is 2.85. The van der Waals surface area contributed by atoms with Crippen molar-refractivity contribution in [3.8, 4) is 0 Å². The smallest absolute Gasteiger partial charge is 0.336 e. The zero-order valence-electron chi connectivity index (χ0n) is 11.1. The van der Waals surface area contributed by atoms with E-state index in [-0.39, 0.29) is 0 Å². The standard InChI is InChI=1S/C15H21NO2/c1-11-6-5-7-12(2)16(11)10-13-8-3-4-9-14(13)15(17)18/h3-4,8-9,11-12H,5-7,10H2,1-2H3,(H,17,18). The molecular formula is C15H21NO2. The summed E-state index contributed by atoms with van der Waals surface area (Å²) in [6.07, 6.45) is 3.69. The summed E-state index contributed by atoms with van der Waals surface area (Å²) in [4.78, 5) is 13.6. The summed E-state index contributed by atoms with van der Waals surface area (Å²) in [5.74, 6) is -0.831. The maximum atomic E-state index is 11.2. The van der Waals surface area contributed by atoms with E-state index in [0.717, 1.165) is 12.1 Å². The van der Waals surface area contributed by atoms with E-state index in [1.807, 2.05) is 12.1 Å². The van der Waals surface area contributed by atoms with Crippen LogP contribution in [0.2, 0.25) is 0 Å². The number of piperidine rings is 1. The van der Waals surface area contributed by atoms with Crippen LogP contribution in [0.5, 0.6) is 0 Å². The highest BCUT2D eigenvalue weighted by molar-refractivity contribution is 5.89. The Labute approximate surface area is 108 Å². The van der Waals surface area contributed by atoms with Gasteiger partial charge in [0, 0.05) is 18.6 Å². The minimum absolute atomic E-state index is 0.433. The van der Waals surface area contributed by atoms with Gasteiger partial charge in [-0.15, -0.1) is 0 Å². The van der Waals surface area contributed by atoms with Gasteiger partial charge in [-0.1, -0.05) is 24.6 Å². The lowest BCUT2D eigenvalue weighted by molar-refractivity contribution is 0.0685. The number of carboxylic acids is 1. The number of likely N-dealkylation sites (tertiary alicyclic amines) is 1. The minimum atomic E-state index is -0.831. The maximum Gasteiger partial charge on any atom is 0.336 e. The molecule has 0 bridgehead atoms. The second kappa shape index (κ2) is 5.53. The Morgan fingerprint density at radius 1 is 1.28 bits per heavy atom. The normalized spacial score (nSPS) is 25.0. The molecule has 18 heavy (non-hydrogen) atoms. The lowest BCUT2D eigenvalue weighted by atomic mass is 9.96. The van der Waals surface area contributed by atoms with Crippen molar-refractivity contribution in [2.45, 2.75) is 51.7 Å². The van der Waals surface area contributed by atoms with Crippen LogP contribution < -0.4 is 0 Å². The number of nitrogens with zero attached hydrogens (tertiary/aromatic N) is 1. The van der Waals surface area contributed by atoms with Gasteiger partial charge in [0.25, 0.3) is 0 Å². The number of carboxylic acid groups (broad SMARTS) is 1. The first kappa shape index (κ1) is 13.1. The third kappa shape index (κ3) is 2.72. The van der Waals surface area contributed by atoms with Gasteiger partial charge in [-0.2, -0.15) is 0 Å². The van der Waals surface area contributed by atoms with Crippen LogP contribution in [-0.4, -0.2) is 28.1 Å². The first-order valence-corrected chi connectivity index (χ1v) is 6.66. The van der Waals surface area contributed by atoms with Crippen molar-refractivity contribution in [1.82, 2.24) is 4.90 Å². The number of benzene rings is 1. The monoisotopic (exact) mass is 247 g/mol. The number of carbonyl (C=O) groups is 1. The van der Waals surface area contributed by atoms with E-state index in [4.69, 9.17) is 0 Å². The molecule has 2 atom stereocenters. The van der Waals surface area contributed by atoms with Gasteiger partial charge in [-0.05, 0) is 38.3 Å². The van der Waals surface area contributed by atoms with Crippen LogP contribution >= 0.6 is 0 Å².